The predicted molar refractivity (Wildman–Crippen MR) is 53.7 cm³/mol. The number of rotatable bonds is 4. The Bertz CT molecular complexity index is 135. The van der Waals surface area contributed by atoms with Crippen LogP contribution in [0.4, 0.5) is 0 Å². The van der Waals surface area contributed by atoms with Gasteiger partial charge in [-0.2, -0.15) is 0 Å². The molecule has 0 bridgehead atoms. The second kappa shape index (κ2) is 5.20. The van der Waals surface area contributed by atoms with Crippen LogP contribution in [0.15, 0.2) is 0 Å². The van der Waals surface area contributed by atoms with E-state index in [-0.39, 0.29) is 11.7 Å². The van der Waals surface area contributed by atoms with Gasteiger partial charge in [0.1, 0.15) is 11.7 Å². The third kappa shape index (κ3) is 3.13. The van der Waals surface area contributed by atoms with Gasteiger partial charge >= 0.3 is 0 Å². The smallest absolute Gasteiger partial charge is 0.194 e. The van der Waals surface area contributed by atoms with Crippen molar-refractivity contribution in [2.45, 2.75) is 11.7 Å². The Labute approximate surface area is 82.4 Å². The van der Waals surface area contributed by atoms with Crippen molar-refractivity contribution in [1.82, 2.24) is 10.6 Å². The van der Waals surface area contributed by atoms with Gasteiger partial charge in [0.05, 0.1) is 13.2 Å². The van der Waals surface area contributed by atoms with Crippen LogP contribution in [0.3, 0.4) is 0 Å². The Hall–Kier alpha value is 0.234. The minimum Gasteiger partial charge on any atom is -0.459 e. The van der Waals surface area contributed by atoms with Gasteiger partial charge in [0.25, 0.3) is 0 Å². The average molecular weight is 220 g/mol. The third-order valence-corrected chi connectivity index (χ3v) is 5.66. The Morgan fingerprint density at radius 1 is 1.00 bits per heavy atom. The van der Waals surface area contributed by atoms with Crippen LogP contribution in [0.2, 0.25) is 0 Å². The van der Waals surface area contributed by atoms with Crippen molar-refractivity contribution in [3.8, 4) is 0 Å². The quantitative estimate of drug-likeness (QED) is 0.494. The van der Waals surface area contributed by atoms with E-state index in [1.165, 1.54) is 0 Å². The zero-order valence-corrected chi connectivity index (χ0v) is 10.5. The molecule has 2 saturated heterocycles. The third-order valence-electron chi connectivity index (χ3n) is 2.12. The maximum Gasteiger partial charge on any atom is 0.194 e. The molecule has 2 atom stereocenters. The lowest BCUT2D eigenvalue weighted by atomic mass is 10.7. The molecule has 0 aromatic rings. The molecule has 2 aliphatic heterocycles. The van der Waals surface area contributed by atoms with Gasteiger partial charge in [-0.05, 0) is 0 Å². The zero-order chi connectivity index (χ0) is 8.93. The van der Waals surface area contributed by atoms with Crippen molar-refractivity contribution in [2.24, 2.45) is 0 Å². The highest BCUT2D eigenvalue weighted by Gasteiger charge is 2.18. The van der Waals surface area contributed by atoms with Crippen LogP contribution in [0, 0.1) is 0 Å². The minimum atomic E-state index is -0.538. The topological polar surface area (TPSA) is 51.8 Å². The number of ether oxygens (including phenoxy) is 2. The van der Waals surface area contributed by atoms with Crippen molar-refractivity contribution in [2.75, 3.05) is 26.3 Å². The van der Waals surface area contributed by atoms with E-state index in [4.69, 9.17) is 13.6 Å². The minimum absolute atomic E-state index is 0.244. The summed E-state index contributed by atoms with van der Waals surface area (Å²) in [5, 5.41) is 6.51. The van der Waals surface area contributed by atoms with Gasteiger partial charge < -0.3 is 13.6 Å². The van der Waals surface area contributed by atoms with Crippen LogP contribution in [0.25, 0.3) is 0 Å². The molecular formula is C6H16N2O3Si2. The zero-order valence-electron chi connectivity index (χ0n) is 7.62. The molecule has 2 unspecified atom stereocenters. The van der Waals surface area contributed by atoms with Gasteiger partial charge in [-0.25, -0.2) is 0 Å². The highest BCUT2D eigenvalue weighted by Crippen LogP contribution is 1.96. The molecule has 2 rings (SSSR count). The van der Waals surface area contributed by atoms with E-state index in [0.717, 1.165) is 26.3 Å². The van der Waals surface area contributed by atoms with Crippen molar-refractivity contribution in [3.05, 3.63) is 0 Å². The largest absolute Gasteiger partial charge is 0.459 e. The molecule has 0 spiro atoms. The first-order valence-corrected chi connectivity index (χ1v) is 7.51. The molecule has 0 aliphatic carbocycles. The lowest BCUT2D eigenvalue weighted by Crippen LogP contribution is -2.37. The van der Waals surface area contributed by atoms with Crippen LogP contribution in [0.5, 0.6) is 0 Å². The normalized spacial score (nSPS) is 36.0. The lowest BCUT2D eigenvalue weighted by molar-refractivity contribution is 0.143. The average Bonchev–Trinajstić information content (AvgIpc) is 2.75. The molecule has 0 saturated carbocycles. The van der Waals surface area contributed by atoms with Crippen molar-refractivity contribution < 1.29 is 13.6 Å². The van der Waals surface area contributed by atoms with E-state index in [9.17, 15) is 0 Å². The van der Waals surface area contributed by atoms with Crippen LogP contribution in [0.1, 0.15) is 0 Å². The summed E-state index contributed by atoms with van der Waals surface area (Å²) in [5.41, 5.74) is 0. The summed E-state index contributed by atoms with van der Waals surface area (Å²) < 4.78 is 16.5. The van der Waals surface area contributed by atoms with Crippen molar-refractivity contribution >= 4 is 19.5 Å². The number of hydrogen-bond acceptors (Lipinski definition) is 5. The molecule has 0 radical (unpaired) electrons. The van der Waals surface area contributed by atoms with Crippen LogP contribution >= 0.6 is 0 Å². The summed E-state index contributed by atoms with van der Waals surface area (Å²) in [4.78, 5) is 0. The Balaban J connectivity index is 1.52. The van der Waals surface area contributed by atoms with Gasteiger partial charge in [0, 0.05) is 13.1 Å². The fourth-order valence-electron chi connectivity index (χ4n) is 1.46. The van der Waals surface area contributed by atoms with Gasteiger partial charge in [-0.1, -0.05) is 0 Å². The fourth-order valence-corrected chi connectivity index (χ4v) is 4.88. The molecule has 0 aromatic carbocycles. The van der Waals surface area contributed by atoms with E-state index in [2.05, 4.69) is 10.6 Å². The second-order valence-electron chi connectivity index (χ2n) is 3.16. The molecule has 2 N–H and O–H groups in total. The maximum atomic E-state index is 5.70. The van der Waals surface area contributed by atoms with Gasteiger partial charge in [-0.3, -0.25) is 10.6 Å². The standard InChI is InChI=1S/C6H16N2O3Si2/c1-3-9-5(7-1)12-11-13-6-8-2-4-10-6/h5-8H,1-4,12-13H2. The van der Waals surface area contributed by atoms with E-state index >= 15 is 0 Å². The molecule has 2 heterocycles. The molecule has 2 fully saturated rings. The maximum absolute atomic E-state index is 5.70. The fraction of sp³-hybridized carbons (Fsp3) is 1.00. The first-order chi connectivity index (χ1) is 6.45. The number of nitrogens with one attached hydrogen (secondary N) is 2. The first-order valence-electron chi connectivity index (χ1n) is 4.73. The highest BCUT2D eigenvalue weighted by molar-refractivity contribution is 6.44. The summed E-state index contributed by atoms with van der Waals surface area (Å²) in [6.07, 6.45) is 0. The summed E-state index contributed by atoms with van der Waals surface area (Å²) >= 11 is 0. The van der Waals surface area contributed by atoms with Crippen LogP contribution in [-0.4, -0.2) is 57.5 Å². The molecule has 13 heavy (non-hydrogen) atoms. The lowest BCUT2D eigenvalue weighted by Gasteiger charge is -2.13. The molecule has 76 valence electrons. The summed E-state index contributed by atoms with van der Waals surface area (Å²) in [6, 6.07) is 0. The molecule has 7 heteroatoms. The van der Waals surface area contributed by atoms with Gasteiger partial charge in [0.2, 0.25) is 0 Å². The van der Waals surface area contributed by atoms with Gasteiger partial charge in [0.15, 0.2) is 19.5 Å². The van der Waals surface area contributed by atoms with E-state index in [1.807, 2.05) is 0 Å². The molecule has 0 amide bonds. The monoisotopic (exact) mass is 220 g/mol. The van der Waals surface area contributed by atoms with E-state index in [1.54, 1.807) is 0 Å². The Kier molecular flexibility index (Phi) is 3.91. The van der Waals surface area contributed by atoms with Crippen LogP contribution < -0.4 is 10.6 Å². The van der Waals surface area contributed by atoms with Crippen molar-refractivity contribution in [3.63, 3.8) is 0 Å². The SMILES string of the molecule is C1COC([SiH2]O[SiH2]C2NCCO2)N1. The summed E-state index contributed by atoms with van der Waals surface area (Å²) in [6.45, 7) is 3.61. The highest BCUT2D eigenvalue weighted by atomic mass is 28.3. The van der Waals surface area contributed by atoms with E-state index in [0.29, 0.717) is 0 Å². The Morgan fingerprint density at radius 3 is 1.92 bits per heavy atom. The molecule has 0 aromatic heterocycles. The van der Waals surface area contributed by atoms with Gasteiger partial charge in [-0.15, -0.1) is 0 Å². The molecule has 2 aliphatic rings. The second-order valence-corrected chi connectivity index (χ2v) is 6.95. The van der Waals surface area contributed by atoms with E-state index < -0.39 is 19.5 Å². The summed E-state index contributed by atoms with van der Waals surface area (Å²) in [5.74, 6) is 0.489. The summed E-state index contributed by atoms with van der Waals surface area (Å²) in [7, 11) is -1.08. The molecule has 5 nitrogen and oxygen atoms in total. The first kappa shape index (κ1) is 9.78. The Morgan fingerprint density at radius 2 is 1.54 bits per heavy atom. The van der Waals surface area contributed by atoms with Crippen molar-refractivity contribution in [1.29, 1.82) is 0 Å². The predicted octanol–water partition coefficient (Wildman–Crippen LogP) is -3.02. The molecular weight excluding hydrogens is 204 g/mol. The van der Waals surface area contributed by atoms with Crippen LogP contribution in [-0.2, 0) is 13.6 Å². The number of hydrogen-bond donors (Lipinski definition) is 2.